The van der Waals surface area contributed by atoms with Gasteiger partial charge in [0.05, 0.1) is 22.5 Å². The van der Waals surface area contributed by atoms with Crippen LogP contribution >= 0.6 is 11.6 Å². The highest BCUT2D eigenvalue weighted by Crippen LogP contribution is 2.20. The Morgan fingerprint density at radius 3 is 2.61 bits per heavy atom. The maximum Gasteiger partial charge on any atom is 0.238 e. The summed E-state index contributed by atoms with van der Waals surface area (Å²) in [4.78, 5) is 13.3. The molecule has 0 saturated heterocycles. The zero-order valence-electron chi connectivity index (χ0n) is 11.6. The fourth-order valence-corrected chi connectivity index (χ4v) is 2.10. The van der Waals surface area contributed by atoms with E-state index in [1.54, 1.807) is 23.7 Å². The van der Waals surface area contributed by atoms with Crippen molar-refractivity contribution in [3.05, 3.63) is 16.4 Å². The third-order valence-corrected chi connectivity index (χ3v) is 3.33. The summed E-state index contributed by atoms with van der Waals surface area (Å²) in [5.74, 6) is 0.0454. The number of halogens is 1. The van der Waals surface area contributed by atoms with E-state index >= 15 is 0 Å². The molecule has 1 aromatic rings. The predicted octanol–water partition coefficient (Wildman–Crippen LogP) is 1.20. The van der Waals surface area contributed by atoms with Gasteiger partial charge in [0, 0.05) is 27.7 Å². The van der Waals surface area contributed by atoms with Gasteiger partial charge in [-0.2, -0.15) is 5.10 Å². The second-order valence-corrected chi connectivity index (χ2v) is 4.90. The number of hydrogen-bond donors (Lipinski definition) is 1. The van der Waals surface area contributed by atoms with Gasteiger partial charge in [-0.05, 0) is 13.3 Å². The van der Waals surface area contributed by atoms with E-state index in [2.05, 4.69) is 10.4 Å². The maximum atomic E-state index is 11.7. The summed E-state index contributed by atoms with van der Waals surface area (Å²) in [5.41, 5.74) is 1.80. The molecule has 1 unspecified atom stereocenters. The van der Waals surface area contributed by atoms with E-state index < -0.39 is 0 Å². The molecule has 18 heavy (non-hydrogen) atoms. The van der Waals surface area contributed by atoms with Gasteiger partial charge < -0.3 is 10.2 Å². The lowest BCUT2D eigenvalue weighted by molar-refractivity contribution is -0.130. The molecule has 0 fully saturated rings. The van der Waals surface area contributed by atoms with E-state index in [1.165, 1.54) is 0 Å². The molecular weight excluding hydrogens is 252 g/mol. The van der Waals surface area contributed by atoms with Gasteiger partial charge in [0.15, 0.2) is 0 Å². The van der Waals surface area contributed by atoms with Crippen LogP contribution in [0.15, 0.2) is 0 Å². The third-order valence-electron chi connectivity index (χ3n) is 2.89. The van der Waals surface area contributed by atoms with Crippen LogP contribution in [0.1, 0.15) is 25.2 Å². The third kappa shape index (κ3) is 3.23. The first-order valence-corrected chi connectivity index (χ1v) is 6.41. The van der Waals surface area contributed by atoms with Crippen molar-refractivity contribution >= 4 is 17.5 Å². The Kier molecular flexibility index (Phi) is 5.16. The summed E-state index contributed by atoms with van der Waals surface area (Å²) in [5, 5.41) is 8.19. The van der Waals surface area contributed by atoms with Gasteiger partial charge in [0.1, 0.15) is 0 Å². The predicted molar refractivity (Wildman–Crippen MR) is 72.6 cm³/mol. The molecule has 0 spiro atoms. The number of carbonyl (C=O) groups is 1. The molecule has 0 radical (unpaired) electrons. The minimum Gasteiger partial charge on any atom is -0.347 e. The van der Waals surface area contributed by atoms with E-state index in [9.17, 15) is 4.79 Å². The molecule has 1 rings (SSSR count). The highest BCUT2D eigenvalue weighted by molar-refractivity contribution is 6.31. The smallest absolute Gasteiger partial charge is 0.238 e. The molecule has 1 heterocycles. The van der Waals surface area contributed by atoms with Gasteiger partial charge in [0.2, 0.25) is 5.91 Å². The lowest BCUT2D eigenvalue weighted by atomic mass is 10.2. The van der Waals surface area contributed by atoms with Crippen LogP contribution in [0.4, 0.5) is 0 Å². The normalized spacial score (nSPS) is 12.6. The molecule has 0 bridgehead atoms. The molecule has 0 aromatic carbocycles. The van der Waals surface area contributed by atoms with Crippen LogP contribution in [-0.2, 0) is 24.8 Å². The van der Waals surface area contributed by atoms with Crippen LogP contribution in [0.2, 0.25) is 5.02 Å². The first-order chi connectivity index (χ1) is 8.38. The average molecular weight is 273 g/mol. The number of nitrogens with zero attached hydrogens (tertiary/aromatic N) is 3. The van der Waals surface area contributed by atoms with Crippen molar-refractivity contribution in [2.75, 3.05) is 14.1 Å². The van der Waals surface area contributed by atoms with Crippen molar-refractivity contribution in [2.45, 2.75) is 32.9 Å². The van der Waals surface area contributed by atoms with Crippen LogP contribution in [0.3, 0.4) is 0 Å². The Morgan fingerprint density at radius 2 is 2.17 bits per heavy atom. The molecule has 0 saturated carbocycles. The van der Waals surface area contributed by atoms with Crippen molar-refractivity contribution < 1.29 is 4.79 Å². The number of aromatic nitrogens is 2. The van der Waals surface area contributed by atoms with Gasteiger partial charge in [-0.15, -0.1) is 0 Å². The quantitative estimate of drug-likeness (QED) is 0.876. The van der Waals surface area contributed by atoms with Crippen molar-refractivity contribution in [3.63, 3.8) is 0 Å². The maximum absolute atomic E-state index is 11.7. The fourth-order valence-electron chi connectivity index (χ4n) is 1.74. The Hall–Kier alpha value is -1.07. The van der Waals surface area contributed by atoms with E-state index in [0.29, 0.717) is 11.6 Å². The highest BCUT2D eigenvalue weighted by Gasteiger charge is 2.17. The van der Waals surface area contributed by atoms with Crippen LogP contribution in [0.25, 0.3) is 0 Å². The molecule has 1 N–H and O–H groups in total. The Labute approximate surface area is 113 Å². The zero-order valence-corrected chi connectivity index (χ0v) is 12.4. The van der Waals surface area contributed by atoms with Crippen LogP contribution in [0.5, 0.6) is 0 Å². The summed E-state index contributed by atoms with van der Waals surface area (Å²) in [7, 11) is 5.35. The second kappa shape index (κ2) is 6.20. The van der Waals surface area contributed by atoms with Crippen LogP contribution < -0.4 is 5.32 Å². The summed E-state index contributed by atoms with van der Waals surface area (Å²) in [6.45, 7) is 4.39. The first kappa shape index (κ1) is 15.0. The average Bonchev–Trinajstić information content (AvgIpc) is 2.60. The van der Waals surface area contributed by atoms with Crippen LogP contribution in [-0.4, -0.2) is 40.7 Å². The van der Waals surface area contributed by atoms with E-state index in [-0.39, 0.29) is 11.9 Å². The van der Waals surface area contributed by atoms with Crippen molar-refractivity contribution in [1.29, 1.82) is 0 Å². The highest BCUT2D eigenvalue weighted by atomic mass is 35.5. The van der Waals surface area contributed by atoms with Crippen LogP contribution in [0, 0.1) is 0 Å². The number of rotatable bonds is 5. The van der Waals surface area contributed by atoms with Gasteiger partial charge in [0.25, 0.3) is 0 Å². The fraction of sp³-hybridized carbons (Fsp3) is 0.667. The standard InChI is InChI=1S/C12H21ClN4O/c1-6-9-11(13)10(17(5)15-9)7-14-8(2)12(18)16(3)4/h8,14H,6-7H2,1-5H3. The summed E-state index contributed by atoms with van der Waals surface area (Å²) in [6.07, 6.45) is 0.804. The van der Waals surface area contributed by atoms with Crippen molar-refractivity contribution in [3.8, 4) is 0 Å². The lowest BCUT2D eigenvalue weighted by Crippen LogP contribution is -2.41. The number of hydrogen-bond acceptors (Lipinski definition) is 3. The van der Waals surface area contributed by atoms with Gasteiger partial charge >= 0.3 is 0 Å². The molecule has 0 aliphatic carbocycles. The monoisotopic (exact) mass is 272 g/mol. The first-order valence-electron chi connectivity index (χ1n) is 6.03. The van der Waals surface area contributed by atoms with Crippen molar-refractivity contribution in [2.24, 2.45) is 7.05 Å². The SMILES string of the molecule is CCc1nn(C)c(CNC(C)C(=O)N(C)C)c1Cl. The summed E-state index contributed by atoms with van der Waals surface area (Å²) < 4.78 is 1.76. The Bertz CT molecular complexity index is 428. The molecule has 1 atom stereocenters. The lowest BCUT2D eigenvalue weighted by Gasteiger charge is -2.18. The molecular formula is C12H21ClN4O. The summed E-state index contributed by atoms with van der Waals surface area (Å²) in [6, 6.07) is -0.240. The largest absolute Gasteiger partial charge is 0.347 e. The van der Waals surface area contributed by atoms with Gasteiger partial charge in [-0.3, -0.25) is 9.48 Å². The van der Waals surface area contributed by atoms with Crippen molar-refractivity contribution in [1.82, 2.24) is 20.0 Å². The zero-order chi connectivity index (χ0) is 13.9. The number of carbonyl (C=O) groups excluding carboxylic acids is 1. The van der Waals surface area contributed by atoms with Gasteiger partial charge in [-0.1, -0.05) is 18.5 Å². The number of aryl methyl sites for hydroxylation is 2. The topological polar surface area (TPSA) is 50.2 Å². The van der Waals surface area contributed by atoms with E-state index in [0.717, 1.165) is 17.8 Å². The van der Waals surface area contributed by atoms with Gasteiger partial charge in [-0.25, -0.2) is 0 Å². The second-order valence-electron chi connectivity index (χ2n) is 4.52. The Morgan fingerprint density at radius 1 is 1.56 bits per heavy atom. The minimum absolute atomic E-state index is 0.0454. The Balaban J connectivity index is 2.69. The number of amides is 1. The molecule has 1 aromatic heterocycles. The number of nitrogens with one attached hydrogen (secondary N) is 1. The molecule has 5 nitrogen and oxygen atoms in total. The molecule has 0 aliphatic heterocycles. The molecule has 6 heteroatoms. The van der Waals surface area contributed by atoms with E-state index in [1.807, 2.05) is 20.9 Å². The molecule has 1 amide bonds. The number of likely N-dealkylation sites (N-methyl/N-ethyl adjacent to an activating group) is 1. The minimum atomic E-state index is -0.240. The summed E-state index contributed by atoms with van der Waals surface area (Å²) >= 11 is 6.24. The molecule has 102 valence electrons. The van der Waals surface area contributed by atoms with E-state index in [4.69, 9.17) is 11.6 Å². The molecule has 0 aliphatic rings.